The average Bonchev–Trinajstić information content (AvgIpc) is 3.05. The number of ketones is 1. The third kappa shape index (κ3) is 3.27. The number of thiophene rings is 1. The molecule has 5 nitrogen and oxygen atoms in total. The normalized spacial score (nSPS) is 14.9. The van der Waals surface area contributed by atoms with Crippen LogP contribution in [0.4, 0.5) is 5.69 Å². The fourth-order valence-corrected chi connectivity index (χ4v) is 3.64. The van der Waals surface area contributed by atoms with Crippen molar-refractivity contribution < 1.29 is 9.59 Å². The number of hydrogen-bond donors (Lipinski definition) is 0. The van der Waals surface area contributed by atoms with Crippen LogP contribution in [0.2, 0.25) is 0 Å². The molecule has 3 heterocycles. The number of nitrogens with zero attached hydrogens (tertiary/aromatic N) is 3. The van der Waals surface area contributed by atoms with E-state index in [1.807, 2.05) is 17.2 Å². The number of hydrogen-bond acceptors (Lipinski definition) is 5. The summed E-state index contributed by atoms with van der Waals surface area (Å²) in [7, 11) is 0. The standard InChI is InChI=1S/C17H19N3O2S/c1-12-3-4-18-10-15(12)19-5-7-20(8-6-19)17(22)16-9-14(11-23-16)13(2)21/h3-4,9-11H,5-8H2,1-2H3. The van der Waals surface area contributed by atoms with E-state index in [2.05, 4.69) is 16.8 Å². The van der Waals surface area contributed by atoms with Gasteiger partial charge in [-0.1, -0.05) is 0 Å². The number of Topliss-reactive ketones (excluding diaryl/α,β-unsaturated/α-hetero) is 1. The molecule has 0 aromatic carbocycles. The van der Waals surface area contributed by atoms with E-state index in [0.717, 1.165) is 18.8 Å². The summed E-state index contributed by atoms with van der Waals surface area (Å²) in [5.74, 6) is 0.0160. The number of aromatic nitrogens is 1. The lowest BCUT2D eigenvalue weighted by Crippen LogP contribution is -2.48. The predicted molar refractivity (Wildman–Crippen MR) is 91.4 cm³/mol. The van der Waals surface area contributed by atoms with Crippen molar-refractivity contribution in [3.63, 3.8) is 0 Å². The van der Waals surface area contributed by atoms with Gasteiger partial charge in [0.2, 0.25) is 0 Å². The van der Waals surface area contributed by atoms with Gasteiger partial charge in [-0.25, -0.2) is 0 Å². The van der Waals surface area contributed by atoms with Gasteiger partial charge in [-0.05, 0) is 31.5 Å². The Hall–Kier alpha value is -2.21. The molecule has 0 spiro atoms. The molecule has 1 aliphatic rings. The molecule has 1 aliphatic heterocycles. The van der Waals surface area contributed by atoms with E-state index >= 15 is 0 Å². The van der Waals surface area contributed by atoms with Crippen molar-refractivity contribution in [2.24, 2.45) is 0 Å². The summed E-state index contributed by atoms with van der Waals surface area (Å²) in [6.45, 7) is 6.54. The maximum Gasteiger partial charge on any atom is 0.264 e. The number of piperazine rings is 1. The fraction of sp³-hybridized carbons (Fsp3) is 0.353. The molecular weight excluding hydrogens is 310 g/mol. The van der Waals surface area contributed by atoms with Crippen LogP contribution in [-0.4, -0.2) is 47.8 Å². The summed E-state index contributed by atoms with van der Waals surface area (Å²) in [5.41, 5.74) is 2.95. The first kappa shape index (κ1) is 15.7. The molecule has 2 aromatic heterocycles. The summed E-state index contributed by atoms with van der Waals surface area (Å²) >= 11 is 1.34. The van der Waals surface area contributed by atoms with Gasteiger partial charge in [0.15, 0.2) is 5.78 Å². The molecule has 1 fully saturated rings. The van der Waals surface area contributed by atoms with Crippen LogP contribution in [-0.2, 0) is 0 Å². The number of rotatable bonds is 3. The summed E-state index contributed by atoms with van der Waals surface area (Å²) < 4.78 is 0. The second kappa shape index (κ2) is 6.50. The Morgan fingerprint density at radius 3 is 2.57 bits per heavy atom. The van der Waals surface area contributed by atoms with Crippen LogP contribution in [0.3, 0.4) is 0 Å². The number of carbonyl (C=O) groups excluding carboxylic acids is 2. The molecular formula is C17H19N3O2S. The SMILES string of the molecule is CC(=O)c1csc(C(=O)N2CCN(c3cnccc3C)CC2)c1. The smallest absolute Gasteiger partial charge is 0.264 e. The molecule has 0 atom stereocenters. The van der Waals surface area contributed by atoms with Crippen LogP contribution in [0, 0.1) is 6.92 Å². The minimum Gasteiger partial charge on any atom is -0.367 e. The van der Waals surface area contributed by atoms with Crippen LogP contribution in [0.25, 0.3) is 0 Å². The minimum absolute atomic E-state index is 0.00262. The predicted octanol–water partition coefficient (Wildman–Crippen LogP) is 2.62. The lowest BCUT2D eigenvalue weighted by atomic mass is 10.2. The van der Waals surface area contributed by atoms with Crippen molar-refractivity contribution in [2.75, 3.05) is 31.1 Å². The van der Waals surface area contributed by atoms with Crippen molar-refractivity contribution in [3.8, 4) is 0 Å². The van der Waals surface area contributed by atoms with Crippen molar-refractivity contribution in [1.82, 2.24) is 9.88 Å². The molecule has 0 radical (unpaired) electrons. The van der Waals surface area contributed by atoms with E-state index < -0.39 is 0 Å². The van der Waals surface area contributed by atoms with E-state index in [-0.39, 0.29) is 11.7 Å². The van der Waals surface area contributed by atoms with Gasteiger partial charge < -0.3 is 9.80 Å². The Kier molecular flexibility index (Phi) is 4.43. The first-order chi connectivity index (χ1) is 11.1. The van der Waals surface area contributed by atoms with Gasteiger partial charge in [0.05, 0.1) is 16.8 Å². The largest absolute Gasteiger partial charge is 0.367 e. The maximum atomic E-state index is 12.5. The molecule has 2 aromatic rings. The molecule has 23 heavy (non-hydrogen) atoms. The molecule has 1 saturated heterocycles. The highest BCUT2D eigenvalue weighted by Crippen LogP contribution is 2.22. The Balaban J connectivity index is 1.65. The quantitative estimate of drug-likeness (QED) is 0.812. The second-order valence-electron chi connectivity index (χ2n) is 5.70. The van der Waals surface area contributed by atoms with Crippen LogP contribution in [0.1, 0.15) is 32.5 Å². The van der Waals surface area contributed by atoms with Crippen molar-refractivity contribution in [1.29, 1.82) is 0 Å². The lowest BCUT2D eigenvalue weighted by molar-refractivity contribution is 0.0751. The van der Waals surface area contributed by atoms with E-state index in [1.54, 1.807) is 17.6 Å². The molecule has 0 aliphatic carbocycles. The minimum atomic E-state index is -0.00262. The lowest BCUT2D eigenvalue weighted by Gasteiger charge is -2.36. The molecule has 1 amide bonds. The summed E-state index contributed by atoms with van der Waals surface area (Å²) in [6.07, 6.45) is 3.67. The van der Waals surface area contributed by atoms with E-state index in [9.17, 15) is 9.59 Å². The summed E-state index contributed by atoms with van der Waals surface area (Å²) in [5, 5.41) is 1.75. The van der Waals surface area contributed by atoms with Crippen molar-refractivity contribution in [3.05, 3.63) is 45.9 Å². The van der Waals surface area contributed by atoms with Crippen LogP contribution in [0.15, 0.2) is 29.9 Å². The van der Waals surface area contributed by atoms with Gasteiger partial charge in [-0.2, -0.15) is 0 Å². The molecule has 0 bridgehead atoms. The van der Waals surface area contributed by atoms with E-state index in [1.165, 1.54) is 23.8 Å². The zero-order valence-corrected chi connectivity index (χ0v) is 14.1. The zero-order chi connectivity index (χ0) is 16.4. The van der Waals surface area contributed by atoms with Gasteiger partial charge in [0, 0.05) is 43.3 Å². The Labute approximate surface area is 139 Å². The maximum absolute atomic E-state index is 12.5. The first-order valence-electron chi connectivity index (χ1n) is 7.60. The summed E-state index contributed by atoms with van der Waals surface area (Å²) in [4.78, 5) is 32.9. The van der Waals surface area contributed by atoms with Crippen LogP contribution < -0.4 is 4.90 Å². The Morgan fingerprint density at radius 1 is 1.22 bits per heavy atom. The van der Waals surface area contributed by atoms with Crippen molar-refractivity contribution >= 4 is 28.7 Å². The third-order valence-electron chi connectivity index (χ3n) is 4.14. The number of amides is 1. The number of carbonyl (C=O) groups is 2. The zero-order valence-electron chi connectivity index (χ0n) is 13.3. The van der Waals surface area contributed by atoms with Crippen molar-refractivity contribution in [2.45, 2.75) is 13.8 Å². The fourth-order valence-electron chi connectivity index (χ4n) is 2.73. The van der Waals surface area contributed by atoms with Crippen LogP contribution in [0.5, 0.6) is 0 Å². The highest BCUT2D eigenvalue weighted by Gasteiger charge is 2.24. The second-order valence-corrected chi connectivity index (χ2v) is 6.61. The summed E-state index contributed by atoms with van der Waals surface area (Å²) in [6, 6.07) is 3.70. The van der Waals surface area contributed by atoms with Crippen LogP contribution >= 0.6 is 11.3 Å². The average molecular weight is 329 g/mol. The van der Waals surface area contributed by atoms with Gasteiger partial charge in [0.1, 0.15) is 0 Å². The highest BCUT2D eigenvalue weighted by atomic mass is 32.1. The molecule has 6 heteroatoms. The number of anilines is 1. The van der Waals surface area contributed by atoms with Gasteiger partial charge in [-0.15, -0.1) is 11.3 Å². The highest BCUT2D eigenvalue weighted by molar-refractivity contribution is 7.12. The number of pyridine rings is 1. The van der Waals surface area contributed by atoms with Gasteiger partial charge in [0.25, 0.3) is 5.91 Å². The molecule has 0 N–H and O–H groups in total. The third-order valence-corrected chi connectivity index (χ3v) is 5.05. The first-order valence-corrected chi connectivity index (χ1v) is 8.48. The van der Waals surface area contributed by atoms with Gasteiger partial charge >= 0.3 is 0 Å². The molecule has 0 unspecified atom stereocenters. The molecule has 0 saturated carbocycles. The number of aryl methyl sites for hydroxylation is 1. The van der Waals surface area contributed by atoms with Gasteiger partial charge in [-0.3, -0.25) is 14.6 Å². The van der Waals surface area contributed by atoms with E-state index in [0.29, 0.717) is 23.5 Å². The monoisotopic (exact) mass is 329 g/mol. The Bertz CT molecular complexity index is 733. The Morgan fingerprint density at radius 2 is 1.96 bits per heavy atom. The van der Waals surface area contributed by atoms with E-state index in [4.69, 9.17) is 0 Å². The topological polar surface area (TPSA) is 53.5 Å². The molecule has 120 valence electrons. The molecule has 3 rings (SSSR count).